The second-order valence-corrected chi connectivity index (χ2v) is 5.66. The first kappa shape index (κ1) is 15.1. The lowest BCUT2D eigenvalue weighted by Gasteiger charge is -2.12. The van der Waals surface area contributed by atoms with E-state index < -0.39 is 0 Å². The Kier molecular flexibility index (Phi) is 4.01. The number of benzene rings is 2. The van der Waals surface area contributed by atoms with Crippen LogP contribution in [0.25, 0.3) is 22.2 Å². The van der Waals surface area contributed by atoms with Gasteiger partial charge in [0, 0.05) is 29.0 Å². The SMILES string of the molecule is COc1ccc(-c2cc(Nc3ccncc3)c3ccccc3n2)cc1. The van der Waals surface area contributed by atoms with Crippen LogP contribution in [0.3, 0.4) is 0 Å². The Hall–Kier alpha value is -3.40. The summed E-state index contributed by atoms with van der Waals surface area (Å²) in [4.78, 5) is 8.88. The van der Waals surface area contributed by atoms with E-state index in [1.54, 1.807) is 19.5 Å². The van der Waals surface area contributed by atoms with Gasteiger partial charge in [0.25, 0.3) is 0 Å². The molecule has 0 fully saturated rings. The number of nitrogens with zero attached hydrogens (tertiary/aromatic N) is 2. The summed E-state index contributed by atoms with van der Waals surface area (Å²) in [5.41, 5.74) is 4.92. The molecule has 0 aliphatic carbocycles. The molecule has 4 rings (SSSR count). The molecule has 2 heterocycles. The molecule has 25 heavy (non-hydrogen) atoms. The van der Waals surface area contributed by atoms with E-state index in [0.717, 1.165) is 39.3 Å². The Bertz CT molecular complexity index is 998. The lowest BCUT2D eigenvalue weighted by molar-refractivity contribution is 0.415. The number of rotatable bonds is 4. The fraction of sp³-hybridized carbons (Fsp3) is 0.0476. The van der Waals surface area contributed by atoms with Gasteiger partial charge in [0.05, 0.1) is 24.0 Å². The maximum Gasteiger partial charge on any atom is 0.118 e. The number of ether oxygens (including phenoxy) is 1. The fourth-order valence-corrected chi connectivity index (χ4v) is 2.78. The number of methoxy groups -OCH3 is 1. The first-order valence-corrected chi connectivity index (χ1v) is 8.05. The van der Waals surface area contributed by atoms with Crippen molar-refractivity contribution in [3.63, 3.8) is 0 Å². The Balaban J connectivity index is 1.82. The zero-order chi connectivity index (χ0) is 17.1. The van der Waals surface area contributed by atoms with E-state index in [2.05, 4.69) is 22.4 Å². The van der Waals surface area contributed by atoms with Gasteiger partial charge < -0.3 is 10.1 Å². The van der Waals surface area contributed by atoms with E-state index in [0.29, 0.717) is 0 Å². The molecule has 4 nitrogen and oxygen atoms in total. The van der Waals surface area contributed by atoms with Gasteiger partial charge in [-0.2, -0.15) is 0 Å². The van der Waals surface area contributed by atoms with Crippen molar-refractivity contribution in [1.29, 1.82) is 0 Å². The number of hydrogen-bond acceptors (Lipinski definition) is 4. The summed E-state index contributed by atoms with van der Waals surface area (Å²) in [7, 11) is 1.67. The molecule has 0 spiro atoms. The minimum atomic E-state index is 0.833. The van der Waals surface area contributed by atoms with Crippen LogP contribution in [0.15, 0.2) is 79.1 Å². The van der Waals surface area contributed by atoms with E-state index in [1.165, 1.54) is 0 Å². The average molecular weight is 327 g/mol. The van der Waals surface area contributed by atoms with Crippen LogP contribution in [0.4, 0.5) is 11.4 Å². The van der Waals surface area contributed by atoms with Crippen LogP contribution in [-0.4, -0.2) is 17.1 Å². The van der Waals surface area contributed by atoms with Crippen LogP contribution in [-0.2, 0) is 0 Å². The van der Waals surface area contributed by atoms with Crippen LogP contribution in [0.5, 0.6) is 5.75 Å². The highest BCUT2D eigenvalue weighted by Gasteiger charge is 2.08. The van der Waals surface area contributed by atoms with Crippen molar-refractivity contribution in [3.8, 4) is 17.0 Å². The third-order valence-corrected chi connectivity index (χ3v) is 4.06. The normalized spacial score (nSPS) is 10.6. The molecule has 0 atom stereocenters. The van der Waals surface area contributed by atoms with Crippen molar-refractivity contribution < 1.29 is 4.74 Å². The minimum Gasteiger partial charge on any atom is -0.497 e. The first-order valence-electron chi connectivity index (χ1n) is 8.05. The summed E-state index contributed by atoms with van der Waals surface area (Å²) < 4.78 is 5.24. The van der Waals surface area contributed by atoms with Gasteiger partial charge in [-0.3, -0.25) is 4.98 Å². The molecular weight excluding hydrogens is 310 g/mol. The molecule has 0 aliphatic heterocycles. The molecule has 0 radical (unpaired) electrons. The molecule has 2 aromatic heterocycles. The number of anilines is 2. The molecule has 0 saturated carbocycles. The third-order valence-electron chi connectivity index (χ3n) is 4.06. The molecule has 0 unspecified atom stereocenters. The van der Waals surface area contributed by atoms with Crippen molar-refractivity contribution in [2.45, 2.75) is 0 Å². The largest absolute Gasteiger partial charge is 0.497 e. The predicted octanol–water partition coefficient (Wildman–Crippen LogP) is 5.05. The van der Waals surface area contributed by atoms with Crippen molar-refractivity contribution in [3.05, 3.63) is 79.1 Å². The number of para-hydroxylation sites is 1. The molecule has 4 aromatic rings. The van der Waals surface area contributed by atoms with Gasteiger partial charge in [-0.1, -0.05) is 18.2 Å². The third kappa shape index (κ3) is 3.15. The zero-order valence-corrected chi connectivity index (χ0v) is 13.8. The first-order chi connectivity index (χ1) is 12.3. The monoisotopic (exact) mass is 327 g/mol. The Morgan fingerprint density at radius 2 is 1.64 bits per heavy atom. The van der Waals surface area contributed by atoms with E-state index >= 15 is 0 Å². The van der Waals surface area contributed by atoms with Gasteiger partial charge in [-0.15, -0.1) is 0 Å². The van der Waals surface area contributed by atoms with Crippen LogP contribution >= 0.6 is 0 Å². The highest BCUT2D eigenvalue weighted by Crippen LogP contribution is 2.31. The topological polar surface area (TPSA) is 47.0 Å². The second kappa shape index (κ2) is 6.61. The van der Waals surface area contributed by atoms with Gasteiger partial charge in [-0.25, -0.2) is 4.98 Å². The quantitative estimate of drug-likeness (QED) is 0.570. The summed E-state index contributed by atoms with van der Waals surface area (Å²) in [5.74, 6) is 0.833. The minimum absolute atomic E-state index is 0.833. The van der Waals surface area contributed by atoms with E-state index in [-0.39, 0.29) is 0 Å². The molecular formula is C21H17N3O. The summed E-state index contributed by atoms with van der Waals surface area (Å²) in [6.45, 7) is 0. The number of hydrogen-bond donors (Lipinski definition) is 1. The molecule has 4 heteroatoms. The summed E-state index contributed by atoms with van der Waals surface area (Å²) in [6.07, 6.45) is 3.55. The number of pyridine rings is 2. The fourth-order valence-electron chi connectivity index (χ4n) is 2.78. The van der Waals surface area contributed by atoms with E-state index in [4.69, 9.17) is 9.72 Å². The highest BCUT2D eigenvalue weighted by atomic mass is 16.5. The van der Waals surface area contributed by atoms with E-state index in [1.807, 2.05) is 54.6 Å². The molecule has 0 amide bonds. The second-order valence-electron chi connectivity index (χ2n) is 5.66. The highest BCUT2D eigenvalue weighted by molar-refractivity contribution is 5.95. The maximum absolute atomic E-state index is 5.24. The van der Waals surface area contributed by atoms with Gasteiger partial charge >= 0.3 is 0 Å². The van der Waals surface area contributed by atoms with Crippen LogP contribution in [0.2, 0.25) is 0 Å². The van der Waals surface area contributed by atoms with Gasteiger partial charge in [0.15, 0.2) is 0 Å². The smallest absolute Gasteiger partial charge is 0.118 e. The number of fused-ring (bicyclic) bond motifs is 1. The molecule has 0 bridgehead atoms. The van der Waals surface area contributed by atoms with Crippen LogP contribution in [0.1, 0.15) is 0 Å². The summed E-state index contributed by atoms with van der Waals surface area (Å²) in [6, 6.07) is 22.0. The molecule has 122 valence electrons. The maximum atomic E-state index is 5.24. The zero-order valence-electron chi connectivity index (χ0n) is 13.8. The summed E-state index contributed by atoms with van der Waals surface area (Å²) in [5, 5.41) is 4.56. The average Bonchev–Trinajstić information content (AvgIpc) is 2.69. The standard InChI is InChI=1S/C21H17N3O/c1-25-17-8-6-15(7-9-17)20-14-21(23-16-10-12-22-13-11-16)18-4-2-3-5-19(18)24-20/h2-14H,1H3,(H,22,23,24). The van der Waals surface area contributed by atoms with Crippen molar-refractivity contribution in [2.75, 3.05) is 12.4 Å². The summed E-state index contributed by atoms with van der Waals surface area (Å²) >= 11 is 0. The van der Waals surface area contributed by atoms with E-state index in [9.17, 15) is 0 Å². The molecule has 0 saturated heterocycles. The Labute approximate surface area is 146 Å². The van der Waals surface area contributed by atoms with Gasteiger partial charge in [-0.05, 0) is 48.5 Å². The predicted molar refractivity (Wildman–Crippen MR) is 101 cm³/mol. The number of nitrogens with one attached hydrogen (secondary N) is 1. The molecule has 1 N–H and O–H groups in total. The van der Waals surface area contributed by atoms with Crippen molar-refractivity contribution in [1.82, 2.24) is 9.97 Å². The lowest BCUT2D eigenvalue weighted by atomic mass is 10.1. The van der Waals surface area contributed by atoms with Crippen molar-refractivity contribution >= 4 is 22.3 Å². The van der Waals surface area contributed by atoms with Gasteiger partial charge in [0.1, 0.15) is 5.75 Å². The number of aromatic nitrogens is 2. The van der Waals surface area contributed by atoms with Crippen molar-refractivity contribution in [2.24, 2.45) is 0 Å². The van der Waals surface area contributed by atoms with Gasteiger partial charge in [0.2, 0.25) is 0 Å². The molecule has 0 aliphatic rings. The van der Waals surface area contributed by atoms with Crippen LogP contribution in [0, 0.1) is 0 Å². The van der Waals surface area contributed by atoms with Crippen LogP contribution < -0.4 is 10.1 Å². The Morgan fingerprint density at radius 1 is 0.880 bits per heavy atom. The lowest BCUT2D eigenvalue weighted by Crippen LogP contribution is -1.95. The molecule has 2 aromatic carbocycles. The Morgan fingerprint density at radius 3 is 2.40 bits per heavy atom.